The van der Waals surface area contributed by atoms with Crippen molar-refractivity contribution in [1.82, 2.24) is 19.9 Å². The third-order valence-corrected chi connectivity index (χ3v) is 4.05. The van der Waals surface area contributed by atoms with Gasteiger partial charge in [-0.15, -0.1) is 0 Å². The van der Waals surface area contributed by atoms with Gasteiger partial charge in [-0.25, -0.2) is 9.97 Å². The third-order valence-electron chi connectivity index (χ3n) is 4.05. The molecule has 27 heavy (non-hydrogen) atoms. The lowest BCUT2D eigenvalue weighted by Crippen LogP contribution is -2.29. The predicted octanol–water partition coefficient (Wildman–Crippen LogP) is 2.94. The highest BCUT2D eigenvalue weighted by Crippen LogP contribution is 2.19. The molecule has 1 amide bonds. The third kappa shape index (κ3) is 5.01. The summed E-state index contributed by atoms with van der Waals surface area (Å²) in [5, 5.41) is 3.14. The number of pyridine rings is 1. The van der Waals surface area contributed by atoms with Crippen LogP contribution in [-0.4, -0.2) is 46.5 Å². The Morgan fingerprint density at radius 2 is 1.96 bits per heavy atom. The molecule has 3 aromatic rings. The number of likely N-dealkylation sites (N-methyl/N-ethyl adjacent to an activating group) is 1. The second kappa shape index (κ2) is 8.75. The van der Waals surface area contributed by atoms with Crippen LogP contribution in [0.2, 0.25) is 0 Å². The predicted molar refractivity (Wildman–Crippen MR) is 103 cm³/mol. The van der Waals surface area contributed by atoms with Crippen molar-refractivity contribution in [2.45, 2.75) is 6.42 Å². The van der Waals surface area contributed by atoms with Crippen LogP contribution in [0.5, 0.6) is 5.75 Å². The van der Waals surface area contributed by atoms with Crippen molar-refractivity contribution in [2.75, 3.05) is 26.0 Å². The topological polar surface area (TPSA) is 80.2 Å². The van der Waals surface area contributed by atoms with Crippen LogP contribution in [-0.2, 0) is 6.42 Å². The molecule has 1 aromatic carbocycles. The molecule has 3 rings (SSSR count). The van der Waals surface area contributed by atoms with Crippen molar-refractivity contribution < 1.29 is 9.53 Å². The molecule has 1 N–H and O–H groups in total. The highest BCUT2D eigenvalue weighted by molar-refractivity contribution is 5.91. The van der Waals surface area contributed by atoms with Crippen LogP contribution in [0.25, 0.3) is 0 Å². The quantitative estimate of drug-likeness (QED) is 0.695. The van der Waals surface area contributed by atoms with Crippen LogP contribution in [0, 0.1) is 0 Å². The van der Waals surface area contributed by atoms with Crippen LogP contribution in [0.1, 0.15) is 16.1 Å². The van der Waals surface area contributed by atoms with E-state index in [1.54, 1.807) is 37.6 Å². The van der Waals surface area contributed by atoms with E-state index in [2.05, 4.69) is 20.3 Å². The van der Waals surface area contributed by atoms with E-state index in [0.717, 1.165) is 23.4 Å². The molecule has 0 unspecified atom stereocenters. The minimum Gasteiger partial charge on any atom is -0.497 e. The van der Waals surface area contributed by atoms with Crippen LogP contribution in [0.15, 0.2) is 61.2 Å². The summed E-state index contributed by atoms with van der Waals surface area (Å²) < 4.78 is 5.19. The SMILES string of the molecule is COc1cccc(Nc2cnc(C(=O)N(C)CCc3ccncc3)cn2)c1. The van der Waals surface area contributed by atoms with Crippen LogP contribution >= 0.6 is 0 Å². The first-order chi connectivity index (χ1) is 13.2. The number of ether oxygens (including phenoxy) is 1. The number of benzene rings is 1. The summed E-state index contributed by atoms with van der Waals surface area (Å²) in [4.78, 5) is 26.6. The van der Waals surface area contributed by atoms with Gasteiger partial charge in [0.1, 0.15) is 17.3 Å². The summed E-state index contributed by atoms with van der Waals surface area (Å²) >= 11 is 0. The molecule has 7 nitrogen and oxygen atoms in total. The number of carbonyl (C=O) groups is 1. The van der Waals surface area contributed by atoms with Gasteiger partial charge in [0.15, 0.2) is 0 Å². The maximum atomic E-state index is 12.5. The fraction of sp³-hybridized carbons (Fsp3) is 0.200. The van der Waals surface area contributed by atoms with Gasteiger partial charge in [0.2, 0.25) is 0 Å². The minimum absolute atomic E-state index is 0.163. The number of carbonyl (C=O) groups excluding carboxylic acids is 1. The normalized spacial score (nSPS) is 10.3. The van der Waals surface area contributed by atoms with Crippen molar-refractivity contribution >= 4 is 17.4 Å². The molecule has 0 fully saturated rings. The molecule has 0 saturated heterocycles. The molecule has 0 bridgehead atoms. The molecule has 7 heteroatoms. The second-order valence-electron chi connectivity index (χ2n) is 5.98. The summed E-state index contributed by atoms with van der Waals surface area (Å²) in [6.45, 7) is 0.592. The molecule has 0 aliphatic heterocycles. The Bertz CT molecular complexity index is 884. The second-order valence-corrected chi connectivity index (χ2v) is 5.98. The Labute approximate surface area is 158 Å². The molecular weight excluding hydrogens is 342 g/mol. The van der Waals surface area contributed by atoms with E-state index in [-0.39, 0.29) is 5.91 Å². The van der Waals surface area contributed by atoms with Crippen molar-refractivity contribution in [3.05, 3.63) is 72.4 Å². The maximum absolute atomic E-state index is 12.5. The minimum atomic E-state index is -0.163. The number of hydrogen-bond donors (Lipinski definition) is 1. The number of methoxy groups -OCH3 is 1. The van der Waals surface area contributed by atoms with E-state index in [4.69, 9.17) is 4.74 Å². The average Bonchev–Trinajstić information content (AvgIpc) is 2.73. The lowest BCUT2D eigenvalue weighted by molar-refractivity contribution is 0.0790. The first kappa shape index (κ1) is 18.3. The molecule has 0 atom stereocenters. The summed E-state index contributed by atoms with van der Waals surface area (Å²) in [7, 11) is 3.37. The van der Waals surface area contributed by atoms with Gasteiger partial charge in [-0.1, -0.05) is 6.07 Å². The number of amides is 1. The first-order valence-electron chi connectivity index (χ1n) is 8.53. The van der Waals surface area contributed by atoms with E-state index in [0.29, 0.717) is 18.1 Å². The molecule has 2 heterocycles. The zero-order chi connectivity index (χ0) is 19.1. The molecule has 0 aliphatic rings. The van der Waals surface area contributed by atoms with Crippen LogP contribution in [0.3, 0.4) is 0 Å². The smallest absolute Gasteiger partial charge is 0.273 e. The van der Waals surface area contributed by atoms with Gasteiger partial charge in [0.25, 0.3) is 5.91 Å². The summed E-state index contributed by atoms with van der Waals surface area (Å²) in [5.41, 5.74) is 2.27. The summed E-state index contributed by atoms with van der Waals surface area (Å²) in [6.07, 6.45) is 7.28. The molecule has 138 valence electrons. The van der Waals surface area contributed by atoms with Gasteiger partial charge in [0.05, 0.1) is 19.5 Å². The fourth-order valence-corrected chi connectivity index (χ4v) is 2.50. The molecule has 0 radical (unpaired) electrons. The molecule has 0 saturated carbocycles. The lowest BCUT2D eigenvalue weighted by atomic mass is 10.2. The van der Waals surface area contributed by atoms with Gasteiger partial charge in [-0.3, -0.25) is 9.78 Å². The number of nitrogens with one attached hydrogen (secondary N) is 1. The van der Waals surface area contributed by atoms with Crippen LogP contribution < -0.4 is 10.1 Å². The number of hydrogen-bond acceptors (Lipinski definition) is 6. The molecule has 2 aromatic heterocycles. The zero-order valence-electron chi connectivity index (χ0n) is 15.3. The Kier molecular flexibility index (Phi) is 5.94. The zero-order valence-corrected chi connectivity index (χ0v) is 15.3. The average molecular weight is 363 g/mol. The summed E-state index contributed by atoms with van der Waals surface area (Å²) in [6, 6.07) is 11.4. The van der Waals surface area contributed by atoms with Gasteiger partial charge in [-0.05, 0) is 36.2 Å². The molecular formula is C20H21N5O2. The number of aromatic nitrogens is 3. The molecule has 0 spiro atoms. The van der Waals surface area contributed by atoms with Crippen molar-refractivity contribution in [2.24, 2.45) is 0 Å². The van der Waals surface area contributed by atoms with E-state index in [9.17, 15) is 4.79 Å². The summed E-state index contributed by atoms with van der Waals surface area (Å²) in [5.74, 6) is 1.14. The maximum Gasteiger partial charge on any atom is 0.273 e. The fourth-order valence-electron chi connectivity index (χ4n) is 2.50. The van der Waals surface area contributed by atoms with Gasteiger partial charge in [0, 0.05) is 37.7 Å². The van der Waals surface area contributed by atoms with E-state index in [1.807, 2.05) is 36.4 Å². The standard InChI is InChI=1S/C20H21N5O2/c1-25(11-8-15-6-9-21-10-7-15)20(26)18-13-23-19(14-22-18)24-16-4-3-5-17(12-16)27-2/h3-7,9-10,12-14H,8,11H2,1-2H3,(H,23,24). The monoisotopic (exact) mass is 363 g/mol. The van der Waals surface area contributed by atoms with Crippen molar-refractivity contribution in [3.63, 3.8) is 0 Å². The largest absolute Gasteiger partial charge is 0.497 e. The number of rotatable bonds is 7. The Hall–Kier alpha value is -3.48. The Balaban J connectivity index is 1.59. The Morgan fingerprint density at radius 1 is 1.15 bits per heavy atom. The van der Waals surface area contributed by atoms with E-state index < -0.39 is 0 Å². The van der Waals surface area contributed by atoms with Crippen LogP contribution in [0.4, 0.5) is 11.5 Å². The lowest BCUT2D eigenvalue weighted by Gasteiger charge is -2.16. The number of anilines is 2. The number of nitrogens with zero attached hydrogens (tertiary/aromatic N) is 4. The van der Waals surface area contributed by atoms with E-state index >= 15 is 0 Å². The molecule has 0 aliphatic carbocycles. The highest BCUT2D eigenvalue weighted by Gasteiger charge is 2.13. The van der Waals surface area contributed by atoms with Gasteiger partial charge >= 0.3 is 0 Å². The van der Waals surface area contributed by atoms with Crippen molar-refractivity contribution in [1.29, 1.82) is 0 Å². The Morgan fingerprint density at radius 3 is 2.67 bits per heavy atom. The van der Waals surface area contributed by atoms with Crippen molar-refractivity contribution in [3.8, 4) is 5.75 Å². The van der Waals surface area contributed by atoms with Gasteiger partial charge in [-0.2, -0.15) is 0 Å². The highest BCUT2D eigenvalue weighted by atomic mass is 16.5. The van der Waals surface area contributed by atoms with E-state index in [1.165, 1.54) is 6.20 Å². The first-order valence-corrected chi connectivity index (χ1v) is 8.53. The van der Waals surface area contributed by atoms with Gasteiger partial charge < -0.3 is 15.0 Å².